The lowest BCUT2D eigenvalue weighted by atomic mass is 10.2. The molecule has 1 aromatic carbocycles. The maximum atomic E-state index is 12.5. The molecule has 1 aliphatic heterocycles. The van der Waals surface area contributed by atoms with E-state index in [9.17, 15) is 9.59 Å². The highest BCUT2D eigenvalue weighted by Gasteiger charge is 2.26. The first kappa shape index (κ1) is 16.3. The molecule has 0 aliphatic carbocycles. The molecule has 0 bridgehead atoms. The minimum absolute atomic E-state index is 0.0355. The van der Waals surface area contributed by atoms with Crippen molar-refractivity contribution in [2.24, 2.45) is 0 Å². The highest BCUT2D eigenvalue weighted by Crippen LogP contribution is 2.23. The molecule has 0 saturated carbocycles. The average molecular weight is 420 g/mol. The van der Waals surface area contributed by atoms with Crippen LogP contribution in [0.4, 0.5) is 4.79 Å². The van der Waals surface area contributed by atoms with E-state index >= 15 is 0 Å². The summed E-state index contributed by atoms with van der Waals surface area (Å²) in [6.45, 7) is 4.16. The summed E-state index contributed by atoms with van der Waals surface area (Å²) >= 11 is 6.77. The second kappa shape index (κ2) is 7.26. The number of hydrogen-bond acceptors (Lipinski definition) is 3. The van der Waals surface area contributed by atoms with Gasteiger partial charge in [0.2, 0.25) is 0 Å². The number of amides is 2. The Kier molecular flexibility index (Phi) is 5.64. The first-order chi connectivity index (χ1) is 10.0. The Morgan fingerprint density at radius 2 is 1.76 bits per heavy atom. The van der Waals surface area contributed by atoms with Gasteiger partial charge in [-0.1, -0.05) is 15.9 Å². The third-order valence-electron chi connectivity index (χ3n) is 3.25. The fourth-order valence-corrected chi connectivity index (χ4v) is 2.92. The molecule has 1 aliphatic rings. The average Bonchev–Trinajstić information content (AvgIpc) is 2.49. The third-order valence-corrected chi connectivity index (χ3v) is 4.44. The van der Waals surface area contributed by atoms with E-state index in [1.54, 1.807) is 22.8 Å². The molecule has 2 amide bonds. The zero-order chi connectivity index (χ0) is 15.4. The van der Waals surface area contributed by atoms with E-state index in [0.717, 1.165) is 8.95 Å². The molecular formula is C14H16Br2N2O3. The van der Waals surface area contributed by atoms with Crippen molar-refractivity contribution in [1.82, 2.24) is 9.80 Å². The largest absolute Gasteiger partial charge is 0.450 e. The molecule has 1 heterocycles. The van der Waals surface area contributed by atoms with Crippen molar-refractivity contribution in [3.05, 3.63) is 32.7 Å². The van der Waals surface area contributed by atoms with Gasteiger partial charge in [-0.2, -0.15) is 0 Å². The number of piperazine rings is 1. The van der Waals surface area contributed by atoms with Crippen LogP contribution in [0.15, 0.2) is 27.1 Å². The van der Waals surface area contributed by atoms with E-state index in [-0.39, 0.29) is 12.0 Å². The Labute approximate surface area is 140 Å². The Morgan fingerprint density at radius 1 is 1.14 bits per heavy atom. The van der Waals surface area contributed by atoms with Crippen LogP contribution in [0.5, 0.6) is 0 Å². The molecule has 114 valence electrons. The second-order valence-electron chi connectivity index (χ2n) is 4.60. The molecule has 0 unspecified atom stereocenters. The van der Waals surface area contributed by atoms with Crippen LogP contribution in [0.25, 0.3) is 0 Å². The summed E-state index contributed by atoms with van der Waals surface area (Å²) in [5, 5.41) is 0. The van der Waals surface area contributed by atoms with E-state index in [1.165, 1.54) is 0 Å². The van der Waals surface area contributed by atoms with Crippen molar-refractivity contribution in [1.29, 1.82) is 0 Å². The van der Waals surface area contributed by atoms with Crippen LogP contribution in [0.1, 0.15) is 17.3 Å². The Balaban J connectivity index is 2.00. The summed E-state index contributed by atoms with van der Waals surface area (Å²) in [7, 11) is 0. The molecule has 1 aromatic rings. The van der Waals surface area contributed by atoms with Crippen LogP contribution in [0.2, 0.25) is 0 Å². The third kappa shape index (κ3) is 3.97. The maximum absolute atomic E-state index is 12.5. The highest BCUT2D eigenvalue weighted by molar-refractivity contribution is 9.11. The lowest BCUT2D eigenvalue weighted by Gasteiger charge is -2.34. The van der Waals surface area contributed by atoms with Gasteiger partial charge in [-0.3, -0.25) is 4.79 Å². The number of carbonyl (C=O) groups is 2. The lowest BCUT2D eigenvalue weighted by molar-refractivity contribution is 0.0569. The van der Waals surface area contributed by atoms with Gasteiger partial charge in [0, 0.05) is 35.1 Å². The summed E-state index contributed by atoms with van der Waals surface area (Å²) in [6, 6.07) is 5.51. The quantitative estimate of drug-likeness (QED) is 0.739. The van der Waals surface area contributed by atoms with Crippen molar-refractivity contribution in [3.63, 3.8) is 0 Å². The Hall–Kier alpha value is -1.08. The summed E-state index contributed by atoms with van der Waals surface area (Å²) in [6.07, 6.45) is -0.312. The SMILES string of the molecule is CCOC(=O)N1CCN(C(=O)c2cc(Br)ccc2Br)CC1. The van der Waals surface area contributed by atoms with Crippen LogP contribution in [0.3, 0.4) is 0 Å². The van der Waals surface area contributed by atoms with Crippen molar-refractivity contribution >= 4 is 43.9 Å². The van der Waals surface area contributed by atoms with E-state index < -0.39 is 0 Å². The first-order valence-electron chi connectivity index (χ1n) is 6.69. The predicted octanol–water partition coefficient (Wildman–Crippen LogP) is 3.13. The minimum atomic E-state index is -0.312. The van der Waals surface area contributed by atoms with Gasteiger partial charge >= 0.3 is 6.09 Å². The predicted molar refractivity (Wildman–Crippen MR) is 86.3 cm³/mol. The fraction of sp³-hybridized carbons (Fsp3) is 0.429. The van der Waals surface area contributed by atoms with Crippen LogP contribution < -0.4 is 0 Å². The molecule has 1 saturated heterocycles. The van der Waals surface area contributed by atoms with Gasteiger partial charge in [0.15, 0.2) is 0 Å². The van der Waals surface area contributed by atoms with Gasteiger partial charge in [-0.15, -0.1) is 0 Å². The van der Waals surface area contributed by atoms with Crippen molar-refractivity contribution in [2.75, 3.05) is 32.8 Å². The van der Waals surface area contributed by atoms with Crippen LogP contribution in [-0.2, 0) is 4.74 Å². The van der Waals surface area contributed by atoms with E-state index in [4.69, 9.17) is 4.74 Å². The highest BCUT2D eigenvalue weighted by atomic mass is 79.9. The molecule has 0 N–H and O–H groups in total. The molecule has 2 rings (SSSR count). The number of rotatable bonds is 2. The van der Waals surface area contributed by atoms with Gasteiger partial charge in [-0.05, 0) is 41.1 Å². The Morgan fingerprint density at radius 3 is 2.38 bits per heavy atom. The van der Waals surface area contributed by atoms with Crippen LogP contribution in [-0.4, -0.2) is 54.6 Å². The summed E-state index contributed by atoms with van der Waals surface area (Å²) in [5.41, 5.74) is 0.619. The topological polar surface area (TPSA) is 49.9 Å². The van der Waals surface area contributed by atoms with Gasteiger partial charge < -0.3 is 14.5 Å². The molecule has 0 radical (unpaired) electrons. The van der Waals surface area contributed by atoms with Gasteiger partial charge in [0.05, 0.1) is 12.2 Å². The molecule has 0 spiro atoms. The smallest absolute Gasteiger partial charge is 0.409 e. The van der Waals surface area contributed by atoms with E-state index in [2.05, 4.69) is 31.9 Å². The molecule has 0 atom stereocenters. The zero-order valence-corrected chi connectivity index (χ0v) is 14.8. The van der Waals surface area contributed by atoms with Gasteiger partial charge in [0.25, 0.3) is 5.91 Å². The zero-order valence-electron chi connectivity index (χ0n) is 11.6. The number of benzene rings is 1. The maximum Gasteiger partial charge on any atom is 0.409 e. The molecule has 1 fully saturated rings. The van der Waals surface area contributed by atoms with E-state index in [1.807, 2.05) is 12.1 Å². The monoisotopic (exact) mass is 418 g/mol. The number of ether oxygens (including phenoxy) is 1. The molecule has 5 nitrogen and oxygen atoms in total. The molecule has 7 heteroatoms. The number of hydrogen-bond donors (Lipinski definition) is 0. The summed E-state index contributed by atoms with van der Waals surface area (Å²) in [5.74, 6) is -0.0355. The van der Waals surface area contributed by atoms with Crippen molar-refractivity contribution in [2.45, 2.75) is 6.92 Å². The summed E-state index contributed by atoms with van der Waals surface area (Å²) in [4.78, 5) is 27.5. The molecule has 21 heavy (non-hydrogen) atoms. The normalized spacial score (nSPS) is 15.0. The minimum Gasteiger partial charge on any atom is -0.450 e. The standard InChI is InChI=1S/C14H16Br2N2O3/c1-2-21-14(20)18-7-5-17(6-8-18)13(19)11-9-10(15)3-4-12(11)16/h3-4,9H,2,5-8H2,1H3. The second-order valence-corrected chi connectivity index (χ2v) is 6.37. The van der Waals surface area contributed by atoms with Crippen molar-refractivity contribution < 1.29 is 14.3 Å². The summed E-state index contributed by atoms with van der Waals surface area (Å²) < 4.78 is 6.59. The first-order valence-corrected chi connectivity index (χ1v) is 8.27. The van der Waals surface area contributed by atoms with Crippen molar-refractivity contribution in [3.8, 4) is 0 Å². The van der Waals surface area contributed by atoms with Gasteiger partial charge in [0.1, 0.15) is 0 Å². The van der Waals surface area contributed by atoms with E-state index in [0.29, 0.717) is 38.3 Å². The van der Waals surface area contributed by atoms with Gasteiger partial charge in [-0.25, -0.2) is 4.79 Å². The molecular weight excluding hydrogens is 404 g/mol. The van der Waals surface area contributed by atoms with Crippen LogP contribution in [0, 0.1) is 0 Å². The lowest BCUT2D eigenvalue weighted by Crippen LogP contribution is -2.50. The number of nitrogens with zero attached hydrogens (tertiary/aromatic N) is 2. The Bertz CT molecular complexity index is 543. The molecule has 0 aromatic heterocycles. The van der Waals surface area contributed by atoms with Crippen LogP contribution >= 0.6 is 31.9 Å². The number of halogens is 2. The number of carbonyl (C=O) groups excluding carboxylic acids is 2. The fourth-order valence-electron chi connectivity index (χ4n) is 2.14.